The van der Waals surface area contributed by atoms with Crippen LogP contribution in [0.15, 0.2) is 6.07 Å². The van der Waals surface area contributed by atoms with Gasteiger partial charge in [0.25, 0.3) is 5.91 Å². The van der Waals surface area contributed by atoms with Crippen molar-refractivity contribution >= 4 is 21.8 Å². The monoisotopic (exact) mass is 327 g/mol. The summed E-state index contributed by atoms with van der Waals surface area (Å²) in [5, 5.41) is 8.28. The fraction of sp³-hybridized carbons (Fsp3) is 0.714. The number of rotatable bonds is 3. The Hall–Kier alpha value is -0.840. The Kier molecular flexibility index (Phi) is 4.33. The molecule has 1 aliphatic carbocycles. The van der Waals surface area contributed by atoms with Crippen LogP contribution in [0.25, 0.3) is 0 Å². The van der Waals surface area contributed by atoms with Crippen LogP contribution in [-0.4, -0.2) is 26.6 Å². The van der Waals surface area contributed by atoms with E-state index in [-0.39, 0.29) is 11.4 Å². The number of aryl methyl sites for hydroxylation is 2. The Morgan fingerprint density at radius 2 is 2.42 bits per heavy atom. The van der Waals surface area contributed by atoms with Crippen molar-refractivity contribution in [1.29, 1.82) is 0 Å². The normalized spacial score (nSPS) is 27.3. The second kappa shape index (κ2) is 5.65. The minimum atomic E-state index is -0.104. The Morgan fingerprint density at radius 1 is 1.68 bits per heavy atom. The zero-order valence-corrected chi connectivity index (χ0v) is 13.5. The Morgan fingerprint density at radius 3 is 2.95 bits per heavy atom. The number of nitrogens with zero attached hydrogens (tertiary/aromatic N) is 2. The van der Waals surface area contributed by atoms with E-state index >= 15 is 0 Å². The Bertz CT molecular complexity index is 471. The van der Waals surface area contributed by atoms with Gasteiger partial charge in [0.05, 0.1) is 11.2 Å². The molecule has 2 atom stereocenters. The zero-order valence-electron chi connectivity index (χ0n) is 11.9. The van der Waals surface area contributed by atoms with Crippen LogP contribution in [0.2, 0.25) is 0 Å². The number of hydrogen-bond acceptors (Lipinski definition) is 2. The smallest absolute Gasteiger partial charge is 0.270 e. The number of carbonyl (C=O) groups is 1. The molecule has 1 heterocycles. The third kappa shape index (κ3) is 3.19. The van der Waals surface area contributed by atoms with Gasteiger partial charge in [0.2, 0.25) is 0 Å². The van der Waals surface area contributed by atoms with Crippen LogP contribution < -0.4 is 5.32 Å². The van der Waals surface area contributed by atoms with Crippen molar-refractivity contribution in [2.75, 3.05) is 5.33 Å². The van der Waals surface area contributed by atoms with E-state index < -0.39 is 0 Å². The van der Waals surface area contributed by atoms with Crippen LogP contribution in [0.4, 0.5) is 0 Å². The Labute approximate surface area is 123 Å². The summed E-state index contributed by atoms with van der Waals surface area (Å²) in [5.41, 5.74) is 1.40. The first-order valence-corrected chi connectivity index (χ1v) is 7.97. The van der Waals surface area contributed by atoms with E-state index in [1.807, 2.05) is 20.0 Å². The van der Waals surface area contributed by atoms with Crippen LogP contribution in [0.3, 0.4) is 0 Å². The molecule has 0 aromatic carbocycles. The van der Waals surface area contributed by atoms with E-state index in [9.17, 15) is 4.79 Å². The second-order valence-electron chi connectivity index (χ2n) is 5.86. The number of hydrogen-bond donors (Lipinski definition) is 1. The average molecular weight is 328 g/mol. The lowest BCUT2D eigenvalue weighted by Gasteiger charge is -2.39. The van der Waals surface area contributed by atoms with Gasteiger partial charge in [-0.05, 0) is 31.7 Å². The summed E-state index contributed by atoms with van der Waals surface area (Å²) in [5.74, 6) is 0.650. The third-order valence-corrected chi connectivity index (χ3v) is 5.03. The largest absolute Gasteiger partial charge is 0.344 e. The van der Waals surface area contributed by atoms with Crippen LogP contribution in [0.5, 0.6) is 0 Å². The maximum atomic E-state index is 12.4. The van der Waals surface area contributed by atoms with Gasteiger partial charge in [-0.1, -0.05) is 35.7 Å². The molecular weight excluding hydrogens is 306 g/mol. The summed E-state index contributed by atoms with van der Waals surface area (Å²) in [6.07, 6.45) is 4.53. The van der Waals surface area contributed by atoms with Crippen molar-refractivity contribution in [2.45, 2.75) is 45.1 Å². The zero-order chi connectivity index (χ0) is 14.0. The van der Waals surface area contributed by atoms with Gasteiger partial charge in [-0.25, -0.2) is 0 Å². The maximum absolute atomic E-state index is 12.4. The average Bonchev–Trinajstić information content (AvgIpc) is 2.68. The number of carbonyl (C=O) groups excluding carboxylic acids is 1. The Balaban J connectivity index is 2.14. The van der Waals surface area contributed by atoms with Crippen LogP contribution in [0, 0.1) is 12.8 Å². The summed E-state index contributed by atoms with van der Waals surface area (Å²) in [4.78, 5) is 12.4. The molecule has 1 saturated carbocycles. The molecule has 5 heteroatoms. The minimum absolute atomic E-state index is 0.0170. The first kappa shape index (κ1) is 14.6. The van der Waals surface area contributed by atoms with E-state index in [2.05, 4.69) is 33.3 Å². The van der Waals surface area contributed by atoms with E-state index in [1.165, 1.54) is 12.8 Å². The van der Waals surface area contributed by atoms with Crippen molar-refractivity contribution in [1.82, 2.24) is 15.1 Å². The van der Waals surface area contributed by atoms with E-state index in [0.29, 0.717) is 11.6 Å². The first-order chi connectivity index (χ1) is 8.96. The van der Waals surface area contributed by atoms with Gasteiger partial charge in [0.15, 0.2) is 0 Å². The number of halogens is 1. The molecule has 106 valence electrons. The van der Waals surface area contributed by atoms with Crippen molar-refractivity contribution in [3.8, 4) is 0 Å². The highest BCUT2D eigenvalue weighted by Crippen LogP contribution is 2.33. The first-order valence-electron chi connectivity index (χ1n) is 6.85. The molecule has 0 saturated heterocycles. The molecule has 0 spiro atoms. The summed E-state index contributed by atoms with van der Waals surface area (Å²) < 4.78 is 1.65. The number of nitrogens with one attached hydrogen (secondary N) is 1. The molecule has 1 aliphatic rings. The summed E-state index contributed by atoms with van der Waals surface area (Å²) in [6, 6.07) is 1.84. The molecule has 2 rings (SSSR count). The summed E-state index contributed by atoms with van der Waals surface area (Å²) in [6.45, 7) is 4.16. The molecule has 1 amide bonds. The standard InChI is InChI=1S/C14H22BrN3O/c1-10-5-4-6-14(8-10,9-15)16-13(19)12-7-11(2)17-18(12)3/h7,10H,4-6,8-9H2,1-3H3,(H,16,19). The number of amides is 1. The predicted octanol–water partition coefficient (Wildman–Crippen LogP) is 2.80. The van der Waals surface area contributed by atoms with E-state index in [0.717, 1.165) is 23.9 Å². The highest BCUT2D eigenvalue weighted by atomic mass is 79.9. The molecule has 1 N–H and O–H groups in total. The maximum Gasteiger partial charge on any atom is 0.270 e. The quantitative estimate of drug-likeness (QED) is 0.868. The van der Waals surface area contributed by atoms with Gasteiger partial charge in [-0.2, -0.15) is 5.10 Å². The molecule has 2 unspecified atom stereocenters. The van der Waals surface area contributed by atoms with Crippen LogP contribution in [0.1, 0.15) is 48.8 Å². The highest BCUT2D eigenvalue weighted by Gasteiger charge is 2.36. The lowest BCUT2D eigenvalue weighted by Crippen LogP contribution is -2.52. The molecular formula is C14H22BrN3O. The van der Waals surface area contributed by atoms with Gasteiger partial charge in [-0.15, -0.1) is 0 Å². The van der Waals surface area contributed by atoms with Crippen LogP contribution >= 0.6 is 15.9 Å². The fourth-order valence-electron chi connectivity index (χ4n) is 3.06. The van der Waals surface area contributed by atoms with Crippen LogP contribution in [-0.2, 0) is 7.05 Å². The SMILES string of the molecule is Cc1cc(C(=O)NC2(CBr)CCCC(C)C2)n(C)n1. The molecule has 19 heavy (non-hydrogen) atoms. The van der Waals surface area contributed by atoms with Crippen molar-refractivity contribution in [3.05, 3.63) is 17.5 Å². The molecule has 0 radical (unpaired) electrons. The van der Waals surface area contributed by atoms with Crippen molar-refractivity contribution in [3.63, 3.8) is 0 Å². The summed E-state index contributed by atoms with van der Waals surface area (Å²) >= 11 is 3.58. The topological polar surface area (TPSA) is 46.9 Å². The number of aromatic nitrogens is 2. The van der Waals surface area contributed by atoms with Crippen molar-refractivity contribution in [2.24, 2.45) is 13.0 Å². The molecule has 1 fully saturated rings. The van der Waals surface area contributed by atoms with Gasteiger partial charge in [0, 0.05) is 12.4 Å². The highest BCUT2D eigenvalue weighted by molar-refractivity contribution is 9.09. The lowest BCUT2D eigenvalue weighted by atomic mass is 9.77. The lowest BCUT2D eigenvalue weighted by molar-refractivity contribution is 0.0860. The molecule has 4 nitrogen and oxygen atoms in total. The second-order valence-corrected chi connectivity index (χ2v) is 6.42. The van der Waals surface area contributed by atoms with Gasteiger partial charge in [-0.3, -0.25) is 9.48 Å². The van der Waals surface area contributed by atoms with E-state index in [1.54, 1.807) is 4.68 Å². The molecule has 1 aromatic heterocycles. The molecule has 1 aromatic rings. The van der Waals surface area contributed by atoms with Gasteiger partial charge < -0.3 is 5.32 Å². The number of alkyl halides is 1. The molecule has 0 bridgehead atoms. The minimum Gasteiger partial charge on any atom is -0.344 e. The predicted molar refractivity (Wildman–Crippen MR) is 79.6 cm³/mol. The van der Waals surface area contributed by atoms with Crippen molar-refractivity contribution < 1.29 is 4.79 Å². The molecule has 0 aliphatic heterocycles. The van der Waals surface area contributed by atoms with E-state index in [4.69, 9.17) is 0 Å². The third-order valence-electron chi connectivity index (χ3n) is 3.96. The summed E-state index contributed by atoms with van der Waals surface area (Å²) in [7, 11) is 1.81. The van der Waals surface area contributed by atoms with Gasteiger partial charge in [0.1, 0.15) is 5.69 Å². The van der Waals surface area contributed by atoms with Gasteiger partial charge >= 0.3 is 0 Å². The fourth-order valence-corrected chi connectivity index (χ4v) is 3.71.